The molecule has 198 valence electrons. The summed E-state index contributed by atoms with van der Waals surface area (Å²) >= 11 is 0. The highest BCUT2D eigenvalue weighted by atomic mass is 16.5. The minimum atomic E-state index is -1.06. The van der Waals surface area contributed by atoms with Gasteiger partial charge in [0.15, 0.2) is 0 Å². The second-order valence-electron chi connectivity index (χ2n) is 9.76. The highest BCUT2D eigenvalue weighted by Crippen LogP contribution is 2.73. The van der Waals surface area contributed by atoms with Crippen molar-refractivity contribution in [1.29, 1.82) is 0 Å². The van der Waals surface area contributed by atoms with E-state index in [2.05, 4.69) is 39.0 Å². The third-order valence-corrected chi connectivity index (χ3v) is 7.16. The van der Waals surface area contributed by atoms with Crippen LogP contribution >= 0.6 is 0 Å². The topological polar surface area (TPSA) is 143 Å². The molecule has 3 aliphatic carbocycles. The molecular formula is C27H34N4O6. The fourth-order valence-corrected chi connectivity index (χ4v) is 5.17. The molecule has 0 spiro atoms. The van der Waals surface area contributed by atoms with Crippen molar-refractivity contribution in [2.24, 2.45) is 10.8 Å². The van der Waals surface area contributed by atoms with Crippen LogP contribution in [0.2, 0.25) is 0 Å². The van der Waals surface area contributed by atoms with Gasteiger partial charge in [-0.15, -0.1) is 19.3 Å². The second-order valence-corrected chi connectivity index (χ2v) is 9.76. The smallest absolute Gasteiger partial charge is 0.311 e. The van der Waals surface area contributed by atoms with E-state index in [4.69, 9.17) is 24.0 Å². The van der Waals surface area contributed by atoms with Gasteiger partial charge in [0.2, 0.25) is 23.6 Å². The first kappa shape index (κ1) is 29.3. The molecule has 0 saturated heterocycles. The monoisotopic (exact) mass is 510 g/mol. The van der Waals surface area contributed by atoms with Crippen molar-refractivity contribution >= 4 is 29.6 Å². The molecule has 0 radical (unpaired) electrons. The number of amides is 4. The average Bonchev–Trinajstić information content (AvgIpc) is 2.83. The first-order chi connectivity index (χ1) is 17.6. The molecule has 0 aromatic carbocycles. The second kappa shape index (κ2) is 12.8. The zero-order valence-corrected chi connectivity index (χ0v) is 21.2. The number of carbonyl (C=O) groups excluding carboxylic acids is 5. The molecule has 0 aromatic rings. The van der Waals surface area contributed by atoms with Crippen molar-refractivity contribution in [3.63, 3.8) is 0 Å². The Morgan fingerprint density at radius 2 is 1.11 bits per heavy atom. The number of rotatable bonds is 15. The van der Waals surface area contributed by atoms with Crippen LogP contribution in [0.5, 0.6) is 0 Å². The van der Waals surface area contributed by atoms with Crippen LogP contribution < -0.4 is 21.3 Å². The quantitative estimate of drug-likeness (QED) is 0.177. The van der Waals surface area contributed by atoms with Crippen LogP contribution in [0.1, 0.15) is 57.8 Å². The summed E-state index contributed by atoms with van der Waals surface area (Å²) in [5, 5.41) is 10.8. The van der Waals surface area contributed by atoms with Crippen molar-refractivity contribution in [3.8, 4) is 37.0 Å². The van der Waals surface area contributed by atoms with Crippen molar-refractivity contribution < 1.29 is 28.7 Å². The molecule has 0 heterocycles. The molecule has 4 amide bonds. The Kier molecular flexibility index (Phi) is 10.1. The molecule has 2 bridgehead atoms. The maximum Gasteiger partial charge on any atom is 0.311 e. The Bertz CT molecular complexity index is 941. The van der Waals surface area contributed by atoms with Gasteiger partial charge in [-0.05, 0) is 38.5 Å². The summed E-state index contributed by atoms with van der Waals surface area (Å²) in [6.07, 6.45) is 17.3. The Balaban J connectivity index is 2.21. The van der Waals surface area contributed by atoms with E-state index in [1.54, 1.807) is 0 Å². The minimum absolute atomic E-state index is 0.0129. The van der Waals surface area contributed by atoms with Gasteiger partial charge >= 0.3 is 5.97 Å². The molecule has 3 rings (SSSR count). The van der Waals surface area contributed by atoms with E-state index in [0.717, 1.165) is 0 Å². The highest BCUT2D eigenvalue weighted by Gasteiger charge is 2.75. The number of hydrogen-bond donors (Lipinski definition) is 4. The lowest BCUT2D eigenvalue weighted by atomic mass is 9.34. The van der Waals surface area contributed by atoms with E-state index in [0.29, 0.717) is 19.3 Å². The summed E-state index contributed by atoms with van der Waals surface area (Å²) in [5.74, 6) is 5.43. The van der Waals surface area contributed by atoms with Crippen molar-refractivity contribution in [1.82, 2.24) is 21.3 Å². The SMILES string of the molecule is C#CCNC(=O)CCC(CCC(=O)NCC#C)(CCC(=O)NCC#C)NC(=O)C12CC(C(=O)OC)(C1)C2. The summed E-state index contributed by atoms with van der Waals surface area (Å²) in [7, 11) is 1.32. The number of carbonyl (C=O) groups is 5. The van der Waals surface area contributed by atoms with Gasteiger partial charge in [0, 0.05) is 24.8 Å². The Hall–Kier alpha value is -3.97. The highest BCUT2D eigenvalue weighted by molar-refractivity contribution is 5.94. The average molecular weight is 511 g/mol. The lowest BCUT2D eigenvalue weighted by Crippen LogP contribution is -2.72. The maximum absolute atomic E-state index is 13.5. The van der Waals surface area contributed by atoms with Crippen LogP contribution in [-0.2, 0) is 28.7 Å². The van der Waals surface area contributed by atoms with Gasteiger partial charge < -0.3 is 26.0 Å². The van der Waals surface area contributed by atoms with Gasteiger partial charge in [-0.3, -0.25) is 24.0 Å². The third kappa shape index (κ3) is 7.27. The van der Waals surface area contributed by atoms with E-state index >= 15 is 0 Å². The van der Waals surface area contributed by atoms with Crippen LogP contribution in [-0.4, -0.2) is 61.9 Å². The van der Waals surface area contributed by atoms with Crippen LogP contribution in [0.4, 0.5) is 0 Å². The summed E-state index contributed by atoms with van der Waals surface area (Å²) in [4.78, 5) is 62.6. The third-order valence-electron chi connectivity index (χ3n) is 7.16. The first-order valence-electron chi connectivity index (χ1n) is 12.1. The molecular weight excluding hydrogens is 476 g/mol. The minimum Gasteiger partial charge on any atom is -0.469 e. The molecule has 10 nitrogen and oxygen atoms in total. The largest absolute Gasteiger partial charge is 0.469 e. The van der Waals surface area contributed by atoms with Gasteiger partial charge in [0.05, 0.1) is 37.6 Å². The predicted molar refractivity (Wildman–Crippen MR) is 135 cm³/mol. The molecule has 0 atom stereocenters. The fraction of sp³-hybridized carbons (Fsp3) is 0.593. The number of nitrogens with one attached hydrogen (secondary N) is 4. The number of ether oxygens (including phenoxy) is 1. The van der Waals surface area contributed by atoms with Crippen LogP contribution in [0.15, 0.2) is 0 Å². The molecule has 0 unspecified atom stereocenters. The summed E-state index contributed by atoms with van der Waals surface area (Å²) < 4.78 is 4.87. The zero-order valence-electron chi connectivity index (χ0n) is 21.2. The van der Waals surface area contributed by atoms with E-state index in [1.165, 1.54) is 7.11 Å². The number of hydrogen-bond acceptors (Lipinski definition) is 6. The van der Waals surface area contributed by atoms with Crippen LogP contribution in [0.3, 0.4) is 0 Å². The summed E-state index contributed by atoms with van der Waals surface area (Å²) in [6, 6.07) is 0. The summed E-state index contributed by atoms with van der Waals surface area (Å²) in [6.45, 7) is 0.166. The van der Waals surface area contributed by atoms with E-state index in [-0.39, 0.29) is 87.8 Å². The fourth-order valence-electron chi connectivity index (χ4n) is 5.17. The zero-order chi connectivity index (χ0) is 27.5. The standard InChI is InChI=1S/C27H34N4O6/c1-5-14-28-20(32)8-11-27(12-9-21(33)29-15-6-2,13-10-22(34)30-16-7-3)31-23(35)25-17-26(18-25,19-25)24(36)37-4/h1-3H,8-19H2,4H3,(H,28,32)(H,29,33)(H,30,34)(H,31,35). The molecule has 37 heavy (non-hydrogen) atoms. The Labute approximate surface area is 217 Å². The van der Waals surface area contributed by atoms with Gasteiger partial charge in [0.1, 0.15) is 0 Å². The molecule has 3 saturated carbocycles. The lowest BCUT2D eigenvalue weighted by Gasteiger charge is -2.67. The molecule has 0 aromatic heterocycles. The number of esters is 1. The lowest BCUT2D eigenvalue weighted by molar-refractivity contribution is -0.223. The van der Waals surface area contributed by atoms with E-state index < -0.39 is 16.4 Å². The Morgan fingerprint density at radius 1 is 0.730 bits per heavy atom. The molecule has 0 aliphatic heterocycles. The van der Waals surface area contributed by atoms with Gasteiger partial charge in [-0.25, -0.2) is 0 Å². The van der Waals surface area contributed by atoms with Gasteiger partial charge in [0.25, 0.3) is 0 Å². The van der Waals surface area contributed by atoms with Crippen molar-refractivity contribution in [3.05, 3.63) is 0 Å². The maximum atomic E-state index is 13.5. The number of terminal acetylenes is 3. The van der Waals surface area contributed by atoms with E-state index in [1.807, 2.05) is 0 Å². The van der Waals surface area contributed by atoms with E-state index in [9.17, 15) is 24.0 Å². The Morgan fingerprint density at radius 3 is 1.43 bits per heavy atom. The van der Waals surface area contributed by atoms with Gasteiger partial charge in [-0.1, -0.05) is 17.8 Å². The molecule has 4 N–H and O–H groups in total. The molecule has 10 heteroatoms. The molecule has 3 fully saturated rings. The predicted octanol–water partition coefficient (Wildman–Crippen LogP) is -0.226. The van der Waals surface area contributed by atoms with Crippen molar-refractivity contribution in [2.75, 3.05) is 26.7 Å². The van der Waals surface area contributed by atoms with Gasteiger partial charge in [-0.2, -0.15) is 0 Å². The van der Waals surface area contributed by atoms with Crippen LogP contribution in [0.25, 0.3) is 0 Å². The van der Waals surface area contributed by atoms with Crippen molar-refractivity contribution in [2.45, 2.75) is 63.3 Å². The normalized spacial score (nSPS) is 20.8. The van der Waals surface area contributed by atoms with Crippen LogP contribution in [0, 0.1) is 47.9 Å². The molecule has 3 aliphatic rings. The first-order valence-corrected chi connectivity index (χ1v) is 12.1. The summed E-state index contributed by atoms with van der Waals surface area (Å²) in [5.41, 5.74) is -2.38. The number of methoxy groups -OCH3 is 1.